The van der Waals surface area contributed by atoms with Crippen molar-refractivity contribution in [1.82, 2.24) is 5.32 Å². The van der Waals surface area contributed by atoms with Crippen molar-refractivity contribution >= 4 is 41.0 Å². The van der Waals surface area contributed by atoms with E-state index < -0.39 is 18.0 Å². The smallest absolute Gasteiger partial charge is 0.411 e. The van der Waals surface area contributed by atoms with Gasteiger partial charge in [-0.2, -0.15) is 0 Å². The topological polar surface area (TPSA) is 141 Å². The van der Waals surface area contributed by atoms with E-state index in [1.807, 2.05) is 12.3 Å². The first kappa shape index (κ1) is 28.2. The molecule has 11 heteroatoms. The number of carbonyl (C=O) groups excluding carboxylic acids is 3. The fraction of sp³-hybridized carbons (Fsp3) is 0.222. The minimum absolute atomic E-state index is 0.193. The molecule has 1 unspecified atom stereocenters. The Morgan fingerprint density at radius 3 is 2.34 bits per heavy atom. The minimum atomic E-state index is -0.855. The Kier molecular flexibility index (Phi) is 9.83. The molecule has 0 aliphatic carbocycles. The molecule has 0 aromatic heterocycles. The normalized spacial score (nSPS) is 11.2. The number of nitrogens with two attached hydrogens (primary N) is 1. The number of nitrogens with one attached hydrogen (secondary N) is 3. The first-order valence-corrected chi connectivity index (χ1v) is 12.7. The Morgan fingerprint density at radius 1 is 0.921 bits per heavy atom. The number of thioether (sulfide) groups is 1. The van der Waals surface area contributed by atoms with Gasteiger partial charge in [-0.3, -0.25) is 14.9 Å². The van der Waals surface area contributed by atoms with E-state index in [1.54, 1.807) is 54.6 Å². The molecule has 0 spiro atoms. The third-order valence-corrected chi connectivity index (χ3v) is 6.46. The molecule has 10 nitrogen and oxygen atoms in total. The molecule has 0 fully saturated rings. The predicted octanol–water partition coefficient (Wildman–Crippen LogP) is 4.17. The lowest BCUT2D eigenvalue weighted by Gasteiger charge is -2.22. The van der Waals surface area contributed by atoms with E-state index in [2.05, 4.69) is 20.7 Å². The van der Waals surface area contributed by atoms with Crippen molar-refractivity contribution in [2.75, 3.05) is 38.2 Å². The number of benzene rings is 3. The third-order valence-electron chi connectivity index (χ3n) is 5.63. The largest absolute Gasteiger partial charge is 0.493 e. The molecule has 0 aliphatic heterocycles. The summed E-state index contributed by atoms with van der Waals surface area (Å²) in [6.45, 7) is 0.193. The van der Waals surface area contributed by atoms with Gasteiger partial charge in [0.25, 0.3) is 0 Å². The van der Waals surface area contributed by atoms with Gasteiger partial charge in [0.05, 0.1) is 21.3 Å². The zero-order valence-corrected chi connectivity index (χ0v) is 22.3. The summed E-state index contributed by atoms with van der Waals surface area (Å²) in [5.41, 5.74) is 8.22. The zero-order valence-electron chi connectivity index (χ0n) is 21.5. The van der Waals surface area contributed by atoms with Crippen molar-refractivity contribution in [2.24, 2.45) is 5.73 Å². The number of primary amides is 1. The van der Waals surface area contributed by atoms with Crippen LogP contribution >= 0.6 is 11.8 Å². The number of anilines is 2. The van der Waals surface area contributed by atoms with Crippen LogP contribution in [0.15, 0.2) is 65.6 Å². The molecule has 0 radical (unpaired) electrons. The molecule has 5 N–H and O–H groups in total. The highest BCUT2D eigenvalue weighted by atomic mass is 32.2. The summed E-state index contributed by atoms with van der Waals surface area (Å²) in [6.07, 6.45) is 1.33. The lowest BCUT2D eigenvalue weighted by atomic mass is 10.0. The van der Waals surface area contributed by atoms with Crippen LogP contribution in [0.4, 0.5) is 16.2 Å². The van der Waals surface area contributed by atoms with Crippen LogP contribution in [0.25, 0.3) is 0 Å². The monoisotopic (exact) mass is 538 g/mol. The number of rotatable bonds is 11. The Labute approximate surface area is 225 Å². The van der Waals surface area contributed by atoms with Gasteiger partial charge in [0, 0.05) is 28.4 Å². The summed E-state index contributed by atoms with van der Waals surface area (Å²) < 4.78 is 15.4. The molecule has 3 rings (SSSR count). The molecule has 38 heavy (non-hydrogen) atoms. The Balaban J connectivity index is 1.91. The van der Waals surface area contributed by atoms with Gasteiger partial charge in [-0.15, -0.1) is 11.8 Å². The molecule has 0 bridgehead atoms. The number of carbonyl (C=O) groups is 3. The second-order valence-electron chi connectivity index (χ2n) is 8.00. The number of hydrogen-bond donors (Lipinski definition) is 4. The molecule has 0 heterocycles. The summed E-state index contributed by atoms with van der Waals surface area (Å²) in [5.74, 6) is 0.0679. The van der Waals surface area contributed by atoms with Crippen LogP contribution < -0.4 is 31.2 Å². The number of hydrogen-bond acceptors (Lipinski definition) is 8. The Bertz CT molecular complexity index is 1320. The number of methoxy groups -OCH3 is 3. The van der Waals surface area contributed by atoms with Gasteiger partial charge in [0.1, 0.15) is 6.04 Å². The highest BCUT2D eigenvalue weighted by Gasteiger charge is 2.23. The number of ether oxygens (including phenoxy) is 3. The average molecular weight is 539 g/mol. The van der Waals surface area contributed by atoms with Gasteiger partial charge >= 0.3 is 6.09 Å². The van der Waals surface area contributed by atoms with Crippen LogP contribution in [0.5, 0.6) is 11.5 Å². The standard InChI is InChI=1S/C27H30N4O6S/c1-35-21-10-8-16(14-22(21)36-2)24(30-19-7-5-6-17(12-19)25(28)32)26(33)29-15-18-13-20(31-27(34)37-3)9-11-23(18)38-4/h5-14,24,30H,15H2,1-4H3,(H2,28,32)(H,29,33)(H,31,34). The van der Waals surface area contributed by atoms with Crippen molar-refractivity contribution in [3.63, 3.8) is 0 Å². The fourth-order valence-electron chi connectivity index (χ4n) is 3.71. The van der Waals surface area contributed by atoms with Gasteiger partial charge in [-0.1, -0.05) is 12.1 Å². The van der Waals surface area contributed by atoms with Crippen LogP contribution in [-0.4, -0.2) is 45.5 Å². The van der Waals surface area contributed by atoms with Crippen molar-refractivity contribution < 1.29 is 28.6 Å². The van der Waals surface area contributed by atoms with Gasteiger partial charge in [0.15, 0.2) is 11.5 Å². The third kappa shape index (κ3) is 7.10. The quantitative estimate of drug-likeness (QED) is 0.267. The van der Waals surface area contributed by atoms with Gasteiger partial charge < -0.3 is 30.6 Å². The van der Waals surface area contributed by atoms with E-state index in [4.69, 9.17) is 15.2 Å². The van der Waals surface area contributed by atoms with E-state index in [1.165, 1.54) is 33.1 Å². The summed E-state index contributed by atoms with van der Waals surface area (Å²) in [7, 11) is 4.33. The second-order valence-corrected chi connectivity index (χ2v) is 8.85. The highest BCUT2D eigenvalue weighted by molar-refractivity contribution is 7.98. The maximum absolute atomic E-state index is 13.6. The SMILES string of the molecule is COC(=O)Nc1ccc(SC)c(CNC(=O)C(Nc2cccc(C(N)=O)c2)c2ccc(OC)c(OC)c2)c1. The Hall–Kier alpha value is -4.38. The van der Waals surface area contributed by atoms with Gasteiger partial charge in [-0.25, -0.2) is 4.79 Å². The van der Waals surface area contributed by atoms with Crippen molar-refractivity contribution in [3.8, 4) is 11.5 Å². The van der Waals surface area contributed by atoms with E-state index in [-0.39, 0.29) is 12.5 Å². The molecule has 0 saturated carbocycles. The van der Waals surface area contributed by atoms with Crippen molar-refractivity contribution in [3.05, 3.63) is 77.4 Å². The van der Waals surface area contributed by atoms with E-state index >= 15 is 0 Å². The molecule has 0 aliphatic rings. The maximum atomic E-state index is 13.6. The fourth-order valence-corrected chi connectivity index (χ4v) is 4.31. The summed E-state index contributed by atoms with van der Waals surface area (Å²) in [5, 5.41) is 8.79. The summed E-state index contributed by atoms with van der Waals surface area (Å²) in [4.78, 5) is 37.8. The predicted molar refractivity (Wildman–Crippen MR) is 147 cm³/mol. The zero-order chi connectivity index (χ0) is 27.7. The highest BCUT2D eigenvalue weighted by Crippen LogP contribution is 2.32. The van der Waals surface area contributed by atoms with E-state index in [9.17, 15) is 14.4 Å². The van der Waals surface area contributed by atoms with Crippen LogP contribution in [0.3, 0.4) is 0 Å². The lowest BCUT2D eigenvalue weighted by Crippen LogP contribution is -2.33. The maximum Gasteiger partial charge on any atom is 0.411 e. The van der Waals surface area contributed by atoms with Crippen LogP contribution in [0.1, 0.15) is 27.5 Å². The van der Waals surface area contributed by atoms with Crippen LogP contribution in [0.2, 0.25) is 0 Å². The van der Waals surface area contributed by atoms with E-state index in [0.717, 1.165) is 10.5 Å². The van der Waals surface area contributed by atoms with Crippen LogP contribution in [-0.2, 0) is 16.1 Å². The first-order valence-electron chi connectivity index (χ1n) is 11.5. The van der Waals surface area contributed by atoms with Gasteiger partial charge in [0.2, 0.25) is 11.8 Å². The lowest BCUT2D eigenvalue weighted by molar-refractivity contribution is -0.122. The molecular formula is C27H30N4O6S. The summed E-state index contributed by atoms with van der Waals surface area (Å²) in [6, 6.07) is 16.3. The molecule has 3 aromatic carbocycles. The summed E-state index contributed by atoms with van der Waals surface area (Å²) >= 11 is 1.52. The first-order chi connectivity index (χ1) is 18.3. The average Bonchev–Trinajstić information content (AvgIpc) is 2.94. The minimum Gasteiger partial charge on any atom is -0.493 e. The van der Waals surface area contributed by atoms with Crippen molar-refractivity contribution in [2.45, 2.75) is 17.5 Å². The second kappa shape index (κ2) is 13.2. The molecule has 3 amide bonds. The molecule has 1 atom stereocenters. The van der Waals surface area contributed by atoms with Crippen LogP contribution in [0, 0.1) is 0 Å². The van der Waals surface area contributed by atoms with Crippen molar-refractivity contribution in [1.29, 1.82) is 0 Å². The molecule has 3 aromatic rings. The molecular weight excluding hydrogens is 508 g/mol. The molecule has 200 valence electrons. The van der Waals surface area contributed by atoms with Gasteiger partial charge in [-0.05, 0) is 65.9 Å². The number of amides is 3. The Morgan fingerprint density at radius 2 is 1.68 bits per heavy atom. The van der Waals surface area contributed by atoms with E-state index in [0.29, 0.717) is 34.0 Å². The molecule has 0 saturated heterocycles.